The number of halogens is 1. The van der Waals surface area contributed by atoms with Gasteiger partial charge in [0.2, 0.25) is 0 Å². The molecule has 0 fully saturated rings. The lowest BCUT2D eigenvalue weighted by Gasteiger charge is -1.96. The molecule has 0 atom stereocenters. The lowest BCUT2D eigenvalue weighted by molar-refractivity contribution is 0.0444. The van der Waals surface area contributed by atoms with Gasteiger partial charge in [-0.05, 0) is 12.1 Å². The summed E-state index contributed by atoms with van der Waals surface area (Å²) in [4.78, 5) is 3.92. The minimum absolute atomic E-state index is 0.247. The van der Waals surface area contributed by atoms with Gasteiger partial charge in [-0.25, -0.2) is 4.39 Å². The number of ether oxygens (including phenoxy) is 1. The second-order valence-electron chi connectivity index (χ2n) is 1.78. The van der Waals surface area contributed by atoms with Crippen LogP contribution >= 0.6 is 0 Å². The van der Waals surface area contributed by atoms with Crippen LogP contribution in [0.3, 0.4) is 0 Å². The van der Waals surface area contributed by atoms with Crippen LogP contribution in [0.25, 0.3) is 0 Å². The highest BCUT2D eigenvalue weighted by molar-refractivity contribution is 5.01. The highest BCUT2D eigenvalue weighted by atomic mass is 19.1. The monoisotopic (exact) mass is 141 g/mol. The first-order valence-corrected chi connectivity index (χ1v) is 2.97. The van der Waals surface area contributed by atoms with Gasteiger partial charge in [-0.1, -0.05) is 6.07 Å². The van der Waals surface area contributed by atoms with Gasteiger partial charge in [0.25, 0.3) is 0 Å². The van der Waals surface area contributed by atoms with Crippen molar-refractivity contribution in [3.63, 3.8) is 0 Å². The summed E-state index contributed by atoms with van der Waals surface area (Å²) >= 11 is 0. The maximum Gasteiger partial charge on any atom is 0.188 e. The standard InChI is InChI=1S/C7H8FNO/c8-6-10-5-7-3-1-2-4-9-7/h1-4H,5-6H2. The molecular weight excluding hydrogens is 133 g/mol. The first-order chi connectivity index (χ1) is 4.93. The van der Waals surface area contributed by atoms with Crippen LogP contribution in [0.5, 0.6) is 0 Å². The van der Waals surface area contributed by atoms with Crippen molar-refractivity contribution >= 4 is 0 Å². The average molecular weight is 141 g/mol. The Balaban J connectivity index is 2.43. The highest BCUT2D eigenvalue weighted by Gasteiger charge is 1.89. The summed E-state index contributed by atoms with van der Waals surface area (Å²) in [7, 11) is 0. The van der Waals surface area contributed by atoms with Gasteiger partial charge in [-0.15, -0.1) is 0 Å². The molecule has 3 heteroatoms. The van der Waals surface area contributed by atoms with Crippen LogP contribution in [0.15, 0.2) is 24.4 Å². The predicted molar refractivity (Wildman–Crippen MR) is 35.0 cm³/mol. The van der Waals surface area contributed by atoms with E-state index in [0.29, 0.717) is 0 Å². The topological polar surface area (TPSA) is 22.1 Å². The second-order valence-corrected chi connectivity index (χ2v) is 1.78. The summed E-state index contributed by atoms with van der Waals surface area (Å²) in [5.41, 5.74) is 0.750. The maximum absolute atomic E-state index is 11.4. The Labute approximate surface area is 58.7 Å². The predicted octanol–water partition coefficient (Wildman–Crippen LogP) is 1.53. The van der Waals surface area contributed by atoms with Crippen LogP contribution in [0.2, 0.25) is 0 Å². The minimum Gasteiger partial charge on any atom is -0.344 e. The Bertz CT molecular complexity index is 178. The maximum atomic E-state index is 11.4. The van der Waals surface area contributed by atoms with Crippen LogP contribution in [-0.4, -0.2) is 11.8 Å². The van der Waals surface area contributed by atoms with Crippen molar-refractivity contribution in [1.29, 1.82) is 0 Å². The molecule has 0 aliphatic heterocycles. The van der Waals surface area contributed by atoms with Crippen molar-refractivity contribution in [3.05, 3.63) is 30.1 Å². The Kier molecular flexibility index (Phi) is 2.83. The third kappa shape index (κ3) is 2.11. The number of pyridine rings is 1. The van der Waals surface area contributed by atoms with Crippen molar-refractivity contribution in [1.82, 2.24) is 4.98 Å². The summed E-state index contributed by atoms with van der Waals surface area (Å²) in [5, 5.41) is 0. The lowest BCUT2D eigenvalue weighted by Crippen LogP contribution is -1.92. The summed E-state index contributed by atoms with van der Waals surface area (Å²) in [6.45, 7) is -0.506. The van der Waals surface area contributed by atoms with E-state index >= 15 is 0 Å². The molecule has 0 N–H and O–H groups in total. The fraction of sp³-hybridized carbons (Fsp3) is 0.286. The van der Waals surface area contributed by atoms with E-state index < -0.39 is 6.86 Å². The van der Waals surface area contributed by atoms with Gasteiger partial charge < -0.3 is 4.74 Å². The van der Waals surface area contributed by atoms with E-state index in [1.54, 1.807) is 18.3 Å². The summed E-state index contributed by atoms with van der Waals surface area (Å²) in [6, 6.07) is 5.43. The lowest BCUT2D eigenvalue weighted by atomic mass is 10.4. The molecule has 0 bridgehead atoms. The molecule has 0 unspecified atom stereocenters. The van der Waals surface area contributed by atoms with Gasteiger partial charge in [0.1, 0.15) is 0 Å². The quantitative estimate of drug-likeness (QED) is 0.636. The summed E-state index contributed by atoms with van der Waals surface area (Å²) in [5.74, 6) is 0. The largest absolute Gasteiger partial charge is 0.344 e. The molecule has 0 saturated carbocycles. The van der Waals surface area contributed by atoms with Gasteiger partial charge in [0, 0.05) is 6.20 Å². The van der Waals surface area contributed by atoms with Gasteiger partial charge >= 0.3 is 0 Å². The number of nitrogens with zero attached hydrogens (tertiary/aromatic N) is 1. The van der Waals surface area contributed by atoms with Gasteiger partial charge in [0.05, 0.1) is 12.3 Å². The van der Waals surface area contributed by atoms with E-state index in [-0.39, 0.29) is 6.61 Å². The molecule has 0 aliphatic rings. The molecule has 54 valence electrons. The number of hydrogen-bond donors (Lipinski definition) is 0. The van der Waals surface area contributed by atoms with Crippen molar-refractivity contribution < 1.29 is 9.13 Å². The van der Waals surface area contributed by atoms with E-state index in [1.165, 1.54) is 0 Å². The summed E-state index contributed by atoms with van der Waals surface area (Å²) in [6.07, 6.45) is 1.65. The molecule has 1 rings (SSSR count). The first kappa shape index (κ1) is 7.15. The fourth-order valence-electron chi connectivity index (χ4n) is 0.627. The van der Waals surface area contributed by atoms with E-state index in [0.717, 1.165) is 5.69 Å². The normalized spacial score (nSPS) is 9.70. The number of alkyl halides is 1. The molecule has 0 spiro atoms. The average Bonchev–Trinajstić information content (AvgIpc) is 2.03. The van der Waals surface area contributed by atoms with Crippen molar-refractivity contribution in [2.24, 2.45) is 0 Å². The minimum atomic E-state index is -0.753. The molecule has 0 aliphatic carbocycles. The summed E-state index contributed by atoms with van der Waals surface area (Å²) < 4.78 is 15.9. The molecule has 0 radical (unpaired) electrons. The van der Waals surface area contributed by atoms with E-state index in [9.17, 15) is 4.39 Å². The highest BCUT2D eigenvalue weighted by Crippen LogP contribution is 1.94. The molecule has 0 saturated heterocycles. The molecule has 0 amide bonds. The van der Waals surface area contributed by atoms with Crippen LogP contribution in [0.4, 0.5) is 4.39 Å². The van der Waals surface area contributed by atoms with Crippen molar-refractivity contribution in [2.75, 3.05) is 6.86 Å². The third-order valence-electron chi connectivity index (χ3n) is 1.05. The fourth-order valence-corrected chi connectivity index (χ4v) is 0.627. The number of hydrogen-bond acceptors (Lipinski definition) is 2. The number of rotatable bonds is 3. The van der Waals surface area contributed by atoms with Gasteiger partial charge in [-0.2, -0.15) is 0 Å². The zero-order valence-corrected chi connectivity index (χ0v) is 5.46. The zero-order chi connectivity index (χ0) is 7.23. The van der Waals surface area contributed by atoms with E-state index in [4.69, 9.17) is 0 Å². The Morgan fingerprint density at radius 1 is 1.50 bits per heavy atom. The Morgan fingerprint density at radius 2 is 2.40 bits per heavy atom. The molecule has 2 nitrogen and oxygen atoms in total. The Hall–Kier alpha value is -0.960. The molecule has 1 heterocycles. The van der Waals surface area contributed by atoms with Crippen LogP contribution in [0, 0.1) is 0 Å². The zero-order valence-electron chi connectivity index (χ0n) is 5.46. The second kappa shape index (κ2) is 3.95. The molecule has 1 aromatic rings. The van der Waals surface area contributed by atoms with Crippen LogP contribution in [-0.2, 0) is 11.3 Å². The SMILES string of the molecule is FCOCc1ccccn1. The number of aromatic nitrogens is 1. The molecule has 1 aromatic heterocycles. The molecule has 10 heavy (non-hydrogen) atoms. The van der Waals surface area contributed by atoms with Crippen molar-refractivity contribution in [2.45, 2.75) is 6.61 Å². The van der Waals surface area contributed by atoms with Gasteiger partial charge in [0.15, 0.2) is 6.86 Å². The molecular formula is C7H8FNO. The van der Waals surface area contributed by atoms with Crippen LogP contribution < -0.4 is 0 Å². The third-order valence-corrected chi connectivity index (χ3v) is 1.05. The van der Waals surface area contributed by atoms with Gasteiger partial charge in [-0.3, -0.25) is 4.98 Å². The smallest absolute Gasteiger partial charge is 0.188 e. The Morgan fingerprint density at radius 3 is 3.00 bits per heavy atom. The van der Waals surface area contributed by atoms with E-state index in [1.807, 2.05) is 6.07 Å². The molecule has 0 aromatic carbocycles. The first-order valence-electron chi connectivity index (χ1n) is 2.97. The van der Waals surface area contributed by atoms with E-state index in [2.05, 4.69) is 9.72 Å². The van der Waals surface area contributed by atoms with Crippen molar-refractivity contribution in [3.8, 4) is 0 Å². The van der Waals surface area contributed by atoms with Crippen LogP contribution in [0.1, 0.15) is 5.69 Å².